The zero-order valence-electron chi connectivity index (χ0n) is 12.0. The fraction of sp³-hybridized carbons (Fsp3) is 1.00. The van der Waals surface area contributed by atoms with Crippen LogP contribution >= 0.6 is 0 Å². The Kier molecular flexibility index (Phi) is 3.68. The average molecular weight is 250 g/mol. The van der Waals surface area contributed by atoms with Gasteiger partial charge in [-0.15, -0.1) is 0 Å². The first-order chi connectivity index (χ1) is 8.72. The summed E-state index contributed by atoms with van der Waals surface area (Å²) < 4.78 is 0. The molecule has 0 radical (unpaired) electrons. The number of rotatable bonds is 6. The number of hydrogen-bond acceptors (Lipinski definition) is 2. The fourth-order valence-corrected chi connectivity index (χ4v) is 3.63. The molecule has 18 heavy (non-hydrogen) atoms. The van der Waals surface area contributed by atoms with Crippen LogP contribution in [-0.2, 0) is 0 Å². The van der Waals surface area contributed by atoms with Gasteiger partial charge >= 0.3 is 0 Å². The van der Waals surface area contributed by atoms with Crippen molar-refractivity contribution in [3.63, 3.8) is 0 Å². The van der Waals surface area contributed by atoms with E-state index in [4.69, 9.17) is 5.73 Å². The molecule has 2 heteroatoms. The van der Waals surface area contributed by atoms with Gasteiger partial charge in [-0.2, -0.15) is 0 Å². The molecule has 0 heterocycles. The molecule has 3 aliphatic rings. The largest absolute Gasteiger partial charge is 0.329 e. The Morgan fingerprint density at radius 2 is 1.44 bits per heavy atom. The van der Waals surface area contributed by atoms with Gasteiger partial charge in [0.15, 0.2) is 0 Å². The summed E-state index contributed by atoms with van der Waals surface area (Å²) in [5.74, 6) is 2.94. The Hall–Kier alpha value is -0.0800. The molecule has 3 aliphatic carbocycles. The van der Waals surface area contributed by atoms with E-state index >= 15 is 0 Å². The van der Waals surface area contributed by atoms with Crippen LogP contribution in [0.25, 0.3) is 0 Å². The van der Waals surface area contributed by atoms with E-state index in [1.165, 1.54) is 64.5 Å². The molecule has 0 bridgehead atoms. The monoisotopic (exact) mass is 250 g/mol. The van der Waals surface area contributed by atoms with Gasteiger partial charge in [-0.05, 0) is 69.1 Å². The second-order valence-corrected chi connectivity index (χ2v) is 7.40. The summed E-state index contributed by atoms with van der Waals surface area (Å²) in [4.78, 5) is 2.84. The van der Waals surface area contributed by atoms with E-state index in [9.17, 15) is 0 Å². The minimum absolute atomic E-state index is 0.373. The molecule has 3 saturated carbocycles. The van der Waals surface area contributed by atoms with Crippen LogP contribution in [0.3, 0.4) is 0 Å². The first kappa shape index (κ1) is 12.9. The fourth-order valence-electron chi connectivity index (χ4n) is 3.63. The van der Waals surface area contributed by atoms with Gasteiger partial charge in [-0.25, -0.2) is 0 Å². The lowest BCUT2D eigenvalue weighted by Crippen LogP contribution is -2.56. The van der Waals surface area contributed by atoms with Crippen LogP contribution < -0.4 is 5.73 Å². The smallest absolute Gasteiger partial charge is 0.0332 e. The Labute approximate surface area is 112 Å². The molecule has 2 N–H and O–H groups in total. The molecular formula is C16H30N2. The Morgan fingerprint density at radius 1 is 0.944 bits per heavy atom. The standard InChI is InChI=1S/C16H30N2/c1-13-6-8-16(12-17,9-7-13)18(10-14-2-3-14)11-15-4-5-15/h13-15H,2-12,17H2,1H3. The molecule has 0 amide bonds. The van der Waals surface area contributed by atoms with Gasteiger partial charge in [0.2, 0.25) is 0 Å². The van der Waals surface area contributed by atoms with Crippen molar-refractivity contribution in [2.24, 2.45) is 23.5 Å². The van der Waals surface area contributed by atoms with Gasteiger partial charge in [0.1, 0.15) is 0 Å². The third-order valence-electron chi connectivity index (χ3n) is 5.61. The summed E-state index contributed by atoms with van der Waals surface area (Å²) in [7, 11) is 0. The van der Waals surface area contributed by atoms with E-state index < -0.39 is 0 Å². The van der Waals surface area contributed by atoms with Crippen LogP contribution in [-0.4, -0.2) is 30.1 Å². The van der Waals surface area contributed by atoms with E-state index in [-0.39, 0.29) is 0 Å². The Morgan fingerprint density at radius 3 is 1.83 bits per heavy atom. The second-order valence-electron chi connectivity index (χ2n) is 7.40. The first-order valence-corrected chi connectivity index (χ1v) is 8.17. The predicted molar refractivity (Wildman–Crippen MR) is 76.4 cm³/mol. The topological polar surface area (TPSA) is 29.3 Å². The van der Waals surface area contributed by atoms with Crippen LogP contribution in [0.5, 0.6) is 0 Å². The van der Waals surface area contributed by atoms with Crippen LogP contribution in [0.15, 0.2) is 0 Å². The lowest BCUT2D eigenvalue weighted by Gasteiger charge is -2.47. The molecule has 0 aromatic heterocycles. The highest BCUT2D eigenvalue weighted by molar-refractivity contribution is 4.98. The molecule has 0 saturated heterocycles. The molecule has 0 atom stereocenters. The van der Waals surface area contributed by atoms with E-state index in [1.54, 1.807) is 0 Å². The van der Waals surface area contributed by atoms with Gasteiger partial charge in [0.05, 0.1) is 0 Å². The third-order valence-corrected chi connectivity index (χ3v) is 5.61. The van der Waals surface area contributed by atoms with Crippen molar-refractivity contribution in [3.05, 3.63) is 0 Å². The van der Waals surface area contributed by atoms with E-state index in [1.807, 2.05) is 0 Å². The summed E-state index contributed by atoms with van der Waals surface area (Å²) >= 11 is 0. The number of nitrogens with two attached hydrogens (primary N) is 1. The van der Waals surface area contributed by atoms with Gasteiger partial charge < -0.3 is 5.73 Å². The maximum atomic E-state index is 6.24. The minimum Gasteiger partial charge on any atom is -0.329 e. The molecule has 0 aromatic carbocycles. The summed E-state index contributed by atoms with van der Waals surface area (Å²) in [6, 6.07) is 0. The molecule has 0 spiro atoms. The van der Waals surface area contributed by atoms with Crippen LogP contribution in [0.4, 0.5) is 0 Å². The van der Waals surface area contributed by atoms with Crippen molar-refractivity contribution >= 4 is 0 Å². The highest BCUT2D eigenvalue weighted by atomic mass is 15.2. The molecule has 3 fully saturated rings. The average Bonchev–Trinajstić information content (AvgIpc) is 3.25. The zero-order chi connectivity index (χ0) is 12.6. The van der Waals surface area contributed by atoms with Crippen LogP contribution in [0.1, 0.15) is 58.3 Å². The molecular weight excluding hydrogens is 220 g/mol. The maximum absolute atomic E-state index is 6.24. The van der Waals surface area contributed by atoms with Gasteiger partial charge in [-0.3, -0.25) is 4.90 Å². The number of hydrogen-bond donors (Lipinski definition) is 1. The van der Waals surface area contributed by atoms with Gasteiger partial charge in [0, 0.05) is 25.2 Å². The third kappa shape index (κ3) is 2.91. The van der Waals surface area contributed by atoms with Crippen molar-refractivity contribution in [3.8, 4) is 0 Å². The molecule has 3 rings (SSSR count). The van der Waals surface area contributed by atoms with Crippen molar-refractivity contribution in [2.75, 3.05) is 19.6 Å². The van der Waals surface area contributed by atoms with Crippen molar-refractivity contribution in [1.29, 1.82) is 0 Å². The van der Waals surface area contributed by atoms with Crippen LogP contribution in [0.2, 0.25) is 0 Å². The van der Waals surface area contributed by atoms with Crippen molar-refractivity contribution < 1.29 is 0 Å². The van der Waals surface area contributed by atoms with E-state index in [0.717, 1.165) is 24.3 Å². The SMILES string of the molecule is CC1CCC(CN)(N(CC2CC2)CC2CC2)CC1. The lowest BCUT2D eigenvalue weighted by atomic mass is 9.75. The predicted octanol–water partition coefficient (Wildman–Crippen LogP) is 3.02. The molecule has 2 nitrogen and oxygen atoms in total. The summed E-state index contributed by atoms with van der Waals surface area (Å²) in [5.41, 5.74) is 6.61. The maximum Gasteiger partial charge on any atom is 0.0332 e. The minimum atomic E-state index is 0.373. The van der Waals surface area contributed by atoms with Crippen LogP contribution in [0, 0.1) is 17.8 Å². The molecule has 0 aromatic rings. The quantitative estimate of drug-likeness (QED) is 0.785. The molecule has 0 unspecified atom stereocenters. The number of nitrogens with zero attached hydrogens (tertiary/aromatic N) is 1. The molecule has 104 valence electrons. The Balaban J connectivity index is 1.67. The lowest BCUT2D eigenvalue weighted by molar-refractivity contribution is 0.0366. The Bertz CT molecular complexity index is 259. The second kappa shape index (κ2) is 5.13. The zero-order valence-corrected chi connectivity index (χ0v) is 12.0. The normalized spacial score (nSPS) is 37.2. The van der Waals surface area contributed by atoms with E-state index in [0.29, 0.717) is 5.54 Å². The summed E-state index contributed by atoms with van der Waals surface area (Å²) in [5, 5.41) is 0. The molecule has 0 aliphatic heterocycles. The summed E-state index contributed by atoms with van der Waals surface area (Å²) in [6.07, 6.45) is 11.4. The first-order valence-electron chi connectivity index (χ1n) is 8.17. The van der Waals surface area contributed by atoms with E-state index in [2.05, 4.69) is 11.8 Å². The van der Waals surface area contributed by atoms with Crippen molar-refractivity contribution in [1.82, 2.24) is 4.90 Å². The van der Waals surface area contributed by atoms with Crippen molar-refractivity contribution in [2.45, 2.75) is 63.8 Å². The van der Waals surface area contributed by atoms with Gasteiger partial charge in [0.25, 0.3) is 0 Å². The van der Waals surface area contributed by atoms with Gasteiger partial charge in [-0.1, -0.05) is 6.92 Å². The highest BCUT2D eigenvalue weighted by Gasteiger charge is 2.42. The highest BCUT2D eigenvalue weighted by Crippen LogP contribution is 2.41. The summed E-state index contributed by atoms with van der Waals surface area (Å²) in [6.45, 7) is 6.00.